The highest BCUT2D eigenvalue weighted by molar-refractivity contribution is 7.90. The van der Waals surface area contributed by atoms with Crippen LogP contribution in [0.25, 0.3) is 0 Å². The van der Waals surface area contributed by atoms with E-state index in [9.17, 15) is 18.0 Å². The van der Waals surface area contributed by atoms with E-state index in [1.165, 1.54) is 43.9 Å². The van der Waals surface area contributed by atoms with Crippen LogP contribution in [-0.2, 0) is 14.8 Å². The second kappa shape index (κ2) is 6.22. The number of anilines is 1. The quantitative estimate of drug-likeness (QED) is 0.734. The van der Waals surface area contributed by atoms with Crippen LogP contribution in [0.1, 0.15) is 51.9 Å². The Balaban J connectivity index is 1.42. The molecule has 4 fully saturated rings. The number of hydrogen-bond acceptors (Lipinski definition) is 4. The molecule has 27 heavy (non-hydrogen) atoms. The number of hydrogen-bond donors (Lipinski definition) is 3. The Morgan fingerprint density at radius 2 is 1.96 bits per heavy atom. The van der Waals surface area contributed by atoms with Crippen molar-refractivity contribution in [2.24, 2.45) is 11.3 Å². The molecule has 146 valence electrons. The van der Waals surface area contributed by atoms with Gasteiger partial charge < -0.3 is 10.6 Å². The summed E-state index contributed by atoms with van der Waals surface area (Å²) in [6, 6.07) is 5.58. The molecule has 7 nitrogen and oxygen atoms in total. The summed E-state index contributed by atoms with van der Waals surface area (Å²) in [4.78, 5) is 23.5. The van der Waals surface area contributed by atoms with Gasteiger partial charge in [0.05, 0.1) is 4.90 Å². The van der Waals surface area contributed by atoms with E-state index in [0.717, 1.165) is 26.2 Å². The van der Waals surface area contributed by atoms with Gasteiger partial charge in [-0.25, -0.2) is 17.9 Å². The number of benzene rings is 1. The average molecular weight is 391 g/mol. The van der Waals surface area contributed by atoms with Crippen LogP contribution >= 0.6 is 0 Å². The zero-order chi connectivity index (χ0) is 19.3. The zero-order valence-corrected chi connectivity index (χ0v) is 16.2. The fourth-order valence-corrected chi connectivity index (χ4v) is 6.73. The van der Waals surface area contributed by atoms with Crippen molar-refractivity contribution in [3.8, 4) is 0 Å². The maximum absolute atomic E-state index is 12.5. The van der Waals surface area contributed by atoms with Gasteiger partial charge in [-0.3, -0.25) is 4.79 Å². The molecule has 1 unspecified atom stereocenters. The lowest BCUT2D eigenvalue weighted by Crippen LogP contribution is -2.67. The minimum atomic E-state index is -3.93. The summed E-state index contributed by atoms with van der Waals surface area (Å²) in [5, 5.41) is 5.90. The second-order valence-electron chi connectivity index (χ2n) is 8.57. The average Bonchev–Trinajstić information content (AvgIpc) is 2.52. The van der Waals surface area contributed by atoms with Gasteiger partial charge in [-0.05, 0) is 61.6 Å². The van der Waals surface area contributed by atoms with Crippen LogP contribution < -0.4 is 15.4 Å². The van der Waals surface area contributed by atoms with Gasteiger partial charge in [0.15, 0.2) is 0 Å². The number of carbonyl (C=O) groups excluding carboxylic acids is 2. The number of urea groups is 1. The molecule has 4 saturated carbocycles. The van der Waals surface area contributed by atoms with E-state index in [4.69, 9.17) is 0 Å². The van der Waals surface area contributed by atoms with Crippen molar-refractivity contribution in [3.05, 3.63) is 24.3 Å². The lowest BCUT2D eigenvalue weighted by molar-refractivity contribution is -0.117. The Bertz CT molecular complexity index is 884. The highest BCUT2D eigenvalue weighted by Crippen LogP contribution is 2.65. The van der Waals surface area contributed by atoms with Crippen molar-refractivity contribution in [1.29, 1.82) is 0 Å². The zero-order valence-electron chi connectivity index (χ0n) is 15.4. The summed E-state index contributed by atoms with van der Waals surface area (Å²) in [7, 11) is -3.93. The lowest BCUT2D eigenvalue weighted by Gasteiger charge is -2.65. The third-order valence-corrected chi connectivity index (χ3v) is 7.64. The van der Waals surface area contributed by atoms with Crippen LogP contribution in [0.15, 0.2) is 29.2 Å². The minimum absolute atomic E-state index is 0.0662. The number of carbonyl (C=O) groups is 2. The highest BCUT2D eigenvalue weighted by atomic mass is 32.2. The van der Waals surface area contributed by atoms with Crippen molar-refractivity contribution in [2.45, 2.75) is 62.3 Å². The molecule has 0 aliphatic heterocycles. The van der Waals surface area contributed by atoms with Crippen molar-refractivity contribution < 1.29 is 18.0 Å². The molecule has 8 heteroatoms. The minimum Gasteiger partial charge on any atom is -0.332 e. The topological polar surface area (TPSA) is 104 Å². The van der Waals surface area contributed by atoms with Gasteiger partial charge in [-0.15, -0.1) is 0 Å². The molecule has 0 heterocycles. The van der Waals surface area contributed by atoms with Gasteiger partial charge in [0.25, 0.3) is 10.0 Å². The molecule has 1 aromatic carbocycles. The van der Waals surface area contributed by atoms with Crippen LogP contribution in [0.4, 0.5) is 10.5 Å². The van der Waals surface area contributed by atoms with Crippen LogP contribution in [0.2, 0.25) is 0 Å². The maximum Gasteiger partial charge on any atom is 0.319 e. The van der Waals surface area contributed by atoms with Gasteiger partial charge in [0.2, 0.25) is 5.91 Å². The largest absolute Gasteiger partial charge is 0.332 e. The van der Waals surface area contributed by atoms with Crippen molar-refractivity contribution in [1.82, 2.24) is 10.0 Å². The van der Waals surface area contributed by atoms with Gasteiger partial charge >= 0.3 is 6.03 Å². The monoisotopic (exact) mass is 391 g/mol. The van der Waals surface area contributed by atoms with Gasteiger partial charge in [-0.1, -0.05) is 18.9 Å². The molecule has 3 amide bonds. The van der Waals surface area contributed by atoms with Crippen LogP contribution in [0.5, 0.6) is 0 Å². The van der Waals surface area contributed by atoms with Crippen LogP contribution in [0.3, 0.4) is 0 Å². The molecular formula is C19H25N3O4S. The van der Waals surface area contributed by atoms with E-state index in [1.807, 2.05) is 4.72 Å². The third-order valence-electron chi connectivity index (χ3n) is 6.21. The van der Waals surface area contributed by atoms with E-state index >= 15 is 0 Å². The van der Waals surface area contributed by atoms with Gasteiger partial charge in [-0.2, -0.15) is 0 Å². The molecule has 1 spiro atoms. The number of sulfonamides is 1. The molecule has 0 radical (unpaired) electrons. The molecule has 4 aliphatic rings. The first-order valence-corrected chi connectivity index (χ1v) is 10.9. The van der Waals surface area contributed by atoms with E-state index in [1.54, 1.807) is 6.07 Å². The van der Waals surface area contributed by atoms with Gasteiger partial charge in [0, 0.05) is 18.2 Å². The standard InChI is InChI=1S/C19H25N3O4S/c1-13(23)22-27(25,26)16-6-2-5-15(8-16)20-17(24)21-19-10-14-4-3-7-18(9-14,11-19)12-19/h2,5-6,8,14H,3-4,7,9-12H2,1H3,(H,22,23)(H2,20,21,24). The Labute approximate surface area is 159 Å². The second-order valence-corrected chi connectivity index (χ2v) is 10.3. The molecule has 1 aromatic rings. The van der Waals surface area contributed by atoms with E-state index in [2.05, 4.69) is 10.6 Å². The predicted octanol–water partition coefficient (Wildman–Crippen LogP) is 2.75. The van der Waals surface area contributed by atoms with Crippen LogP contribution in [-0.4, -0.2) is 25.9 Å². The lowest BCUT2D eigenvalue weighted by atomic mass is 9.43. The molecular weight excluding hydrogens is 366 g/mol. The molecule has 3 N–H and O–H groups in total. The number of nitrogens with one attached hydrogen (secondary N) is 3. The summed E-state index contributed by atoms with van der Waals surface area (Å²) in [6.45, 7) is 1.14. The summed E-state index contributed by atoms with van der Waals surface area (Å²) in [6.07, 6.45) is 8.30. The smallest absolute Gasteiger partial charge is 0.319 e. The Morgan fingerprint density at radius 1 is 1.19 bits per heavy atom. The molecule has 3 bridgehead atoms. The fraction of sp³-hybridized carbons (Fsp3) is 0.579. The van der Waals surface area contributed by atoms with Gasteiger partial charge in [0.1, 0.15) is 0 Å². The molecule has 5 rings (SSSR count). The maximum atomic E-state index is 12.5. The normalized spacial score (nSPS) is 31.4. The summed E-state index contributed by atoms with van der Waals surface area (Å²) in [5.41, 5.74) is 0.717. The van der Waals surface area contributed by atoms with E-state index in [-0.39, 0.29) is 16.5 Å². The predicted molar refractivity (Wildman–Crippen MR) is 101 cm³/mol. The van der Waals surface area contributed by atoms with Crippen molar-refractivity contribution >= 4 is 27.6 Å². The fourth-order valence-electron chi connectivity index (χ4n) is 5.69. The summed E-state index contributed by atoms with van der Waals surface area (Å²) < 4.78 is 26.1. The molecule has 4 aliphatic carbocycles. The first-order chi connectivity index (χ1) is 12.7. The SMILES string of the molecule is CC(=O)NS(=O)(=O)c1cccc(NC(=O)NC23CC4CCCC(C4)(C2)C3)c1. The number of amides is 3. The Kier molecular flexibility index (Phi) is 4.21. The van der Waals surface area contributed by atoms with Crippen molar-refractivity contribution in [3.63, 3.8) is 0 Å². The first kappa shape index (κ1) is 18.3. The number of rotatable bonds is 4. The molecule has 1 atom stereocenters. The Hall–Kier alpha value is -2.09. The Morgan fingerprint density at radius 3 is 2.67 bits per heavy atom. The van der Waals surface area contributed by atoms with Crippen molar-refractivity contribution in [2.75, 3.05) is 5.32 Å². The van der Waals surface area contributed by atoms with Crippen LogP contribution in [0, 0.1) is 11.3 Å². The van der Waals surface area contributed by atoms with E-state index in [0.29, 0.717) is 17.0 Å². The summed E-state index contributed by atoms with van der Waals surface area (Å²) >= 11 is 0. The summed E-state index contributed by atoms with van der Waals surface area (Å²) in [5.74, 6) is 0.0552. The highest BCUT2D eigenvalue weighted by Gasteiger charge is 2.61. The molecule has 0 saturated heterocycles. The third kappa shape index (κ3) is 3.54. The first-order valence-electron chi connectivity index (χ1n) is 9.42. The van der Waals surface area contributed by atoms with E-state index < -0.39 is 15.9 Å². The molecule has 0 aromatic heterocycles.